The number of nitrogens with zero attached hydrogens (tertiary/aromatic N) is 2. The van der Waals surface area contributed by atoms with Crippen LogP contribution >= 0.6 is 23.2 Å². The molecule has 0 unspecified atom stereocenters. The second kappa shape index (κ2) is 8.52. The van der Waals surface area contributed by atoms with E-state index in [1.807, 2.05) is 30.3 Å². The molecule has 0 aliphatic rings. The fraction of sp³-hybridized carbons (Fsp3) is 0.160. The van der Waals surface area contributed by atoms with Gasteiger partial charge in [0.05, 0.1) is 27.7 Å². The van der Waals surface area contributed by atoms with Crippen molar-refractivity contribution in [2.45, 2.75) is 25.6 Å². The van der Waals surface area contributed by atoms with Gasteiger partial charge in [-0.2, -0.15) is 18.3 Å². The fourth-order valence-electron chi connectivity index (χ4n) is 3.44. The Morgan fingerprint density at radius 1 is 0.818 bits per heavy atom. The third kappa shape index (κ3) is 4.78. The Kier molecular flexibility index (Phi) is 6.03. The monoisotopic (exact) mass is 490 g/mol. The van der Waals surface area contributed by atoms with Crippen LogP contribution in [0.5, 0.6) is 0 Å². The van der Waals surface area contributed by atoms with Gasteiger partial charge in [-0.3, -0.25) is 0 Å². The zero-order chi connectivity index (χ0) is 24.0. The van der Waals surface area contributed by atoms with Crippen LogP contribution < -0.4 is 0 Å². The summed E-state index contributed by atoms with van der Waals surface area (Å²) >= 11 is 12.5. The van der Waals surface area contributed by atoms with Crippen LogP contribution in [0.4, 0.5) is 13.2 Å². The molecule has 0 saturated carbocycles. The maximum Gasteiger partial charge on any atom is 0.416 e. The van der Waals surface area contributed by atoms with Gasteiger partial charge in [0.2, 0.25) is 0 Å². The summed E-state index contributed by atoms with van der Waals surface area (Å²) in [6.07, 6.45) is -4.46. The first-order valence-electron chi connectivity index (χ1n) is 10.0. The van der Waals surface area contributed by atoms with Gasteiger partial charge in [-0.25, -0.2) is 4.68 Å². The maximum absolute atomic E-state index is 12.9. The third-order valence-corrected chi connectivity index (χ3v) is 5.84. The number of rotatable bonds is 4. The number of aliphatic hydroxyl groups is 1. The van der Waals surface area contributed by atoms with Crippen LogP contribution in [0.1, 0.15) is 25.1 Å². The fourth-order valence-corrected chi connectivity index (χ4v) is 3.94. The predicted octanol–water partition coefficient (Wildman–Crippen LogP) is 7.76. The van der Waals surface area contributed by atoms with Gasteiger partial charge in [0.15, 0.2) is 0 Å². The molecule has 1 aromatic heterocycles. The van der Waals surface area contributed by atoms with Crippen LogP contribution in [-0.2, 0) is 11.8 Å². The zero-order valence-electron chi connectivity index (χ0n) is 17.7. The number of alkyl halides is 3. The van der Waals surface area contributed by atoms with Crippen LogP contribution in [0.3, 0.4) is 0 Å². The Hall–Kier alpha value is -2.80. The number of halogens is 5. The van der Waals surface area contributed by atoms with Gasteiger partial charge < -0.3 is 5.11 Å². The van der Waals surface area contributed by atoms with Crippen LogP contribution in [0.25, 0.3) is 28.1 Å². The van der Waals surface area contributed by atoms with Crippen molar-refractivity contribution in [2.24, 2.45) is 0 Å². The van der Waals surface area contributed by atoms with Crippen molar-refractivity contribution in [3.63, 3.8) is 0 Å². The van der Waals surface area contributed by atoms with E-state index in [4.69, 9.17) is 23.2 Å². The van der Waals surface area contributed by atoms with E-state index >= 15 is 0 Å². The van der Waals surface area contributed by atoms with Gasteiger partial charge >= 0.3 is 6.18 Å². The molecule has 0 spiro atoms. The summed E-state index contributed by atoms with van der Waals surface area (Å²) in [4.78, 5) is 0. The quantitative estimate of drug-likeness (QED) is 0.317. The van der Waals surface area contributed by atoms with E-state index in [1.165, 1.54) is 6.07 Å². The molecule has 170 valence electrons. The van der Waals surface area contributed by atoms with Crippen LogP contribution in [0.15, 0.2) is 72.8 Å². The SMILES string of the molecule is CC(C)(O)c1cc(-c2ccc(-c3ccc(C(F)(F)F)cc3Cl)cc2)n(-c2ccccc2Cl)n1. The van der Waals surface area contributed by atoms with Gasteiger partial charge in [-0.1, -0.05) is 65.7 Å². The highest BCUT2D eigenvalue weighted by Gasteiger charge is 2.31. The molecule has 0 aliphatic heterocycles. The molecule has 0 bridgehead atoms. The summed E-state index contributed by atoms with van der Waals surface area (Å²) in [7, 11) is 0. The molecule has 4 aromatic rings. The first kappa shape index (κ1) is 23.4. The highest BCUT2D eigenvalue weighted by atomic mass is 35.5. The predicted molar refractivity (Wildman–Crippen MR) is 125 cm³/mol. The van der Waals surface area contributed by atoms with E-state index in [2.05, 4.69) is 5.10 Å². The first-order valence-corrected chi connectivity index (χ1v) is 10.8. The summed E-state index contributed by atoms with van der Waals surface area (Å²) in [5.41, 5.74) is 1.80. The van der Waals surface area contributed by atoms with Gasteiger partial charge in [0.25, 0.3) is 0 Å². The van der Waals surface area contributed by atoms with Gasteiger partial charge in [-0.15, -0.1) is 0 Å². The summed E-state index contributed by atoms with van der Waals surface area (Å²) < 4.78 is 40.5. The minimum absolute atomic E-state index is 0.0167. The summed E-state index contributed by atoms with van der Waals surface area (Å²) in [6.45, 7) is 3.29. The zero-order valence-corrected chi connectivity index (χ0v) is 19.2. The molecule has 1 N–H and O–H groups in total. The van der Waals surface area contributed by atoms with Crippen molar-refractivity contribution in [1.29, 1.82) is 0 Å². The molecule has 0 amide bonds. The number of aromatic nitrogens is 2. The summed E-state index contributed by atoms with van der Waals surface area (Å²) in [5, 5.41) is 15.6. The van der Waals surface area contributed by atoms with Crippen molar-refractivity contribution in [3.05, 3.63) is 94.1 Å². The number of hydrogen-bond donors (Lipinski definition) is 1. The van der Waals surface area contributed by atoms with Crippen molar-refractivity contribution in [2.75, 3.05) is 0 Å². The first-order chi connectivity index (χ1) is 15.4. The molecule has 33 heavy (non-hydrogen) atoms. The largest absolute Gasteiger partial charge is 0.416 e. The lowest BCUT2D eigenvalue weighted by molar-refractivity contribution is -0.137. The Balaban J connectivity index is 1.77. The Morgan fingerprint density at radius 2 is 1.45 bits per heavy atom. The van der Waals surface area contributed by atoms with E-state index in [0.717, 1.165) is 17.7 Å². The lowest BCUT2D eigenvalue weighted by Crippen LogP contribution is -2.16. The standard InChI is InChI=1S/C25H19Cl2F3N2O/c1-24(2,33)23-14-22(32(31-23)21-6-4-3-5-19(21)26)16-9-7-15(8-10-16)18-12-11-17(13-20(18)27)25(28,29)30/h3-14,33H,1-2H3. The average molecular weight is 491 g/mol. The Labute approximate surface area is 199 Å². The van der Waals surface area contributed by atoms with E-state index in [0.29, 0.717) is 33.2 Å². The van der Waals surface area contributed by atoms with Crippen LogP contribution in [-0.4, -0.2) is 14.9 Å². The molecule has 8 heteroatoms. The highest BCUT2D eigenvalue weighted by Crippen LogP contribution is 2.37. The number of hydrogen-bond acceptors (Lipinski definition) is 2. The second-order valence-electron chi connectivity index (χ2n) is 8.11. The molecule has 3 nitrogen and oxygen atoms in total. The molecule has 0 atom stereocenters. The molecule has 3 aromatic carbocycles. The van der Waals surface area contributed by atoms with E-state index in [9.17, 15) is 18.3 Å². The molecular formula is C25H19Cl2F3N2O. The van der Waals surface area contributed by atoms with Crippen molar-refractivity contribution in [3.8, 4) is 28.1 Å². The normalized spacial score (nSPS) is 12.2. The summed E-state index contributed by atoms with van der Waals surface area (Å²) in [5.74, 6) is 0. The molecule has 1 heterocycles. The minimum atomic E-state index is -4.46. The van der Waals surface area contributed by atoms with E-state index in [-0.39, 0.29) is 5.02 Å². The average Bonchev–Trinajstić information content (AvgIpc) is 3.19. The lowest BCUT2D eigenvalue weighted by Gasteiger charge is -2.13. The molecule has 0 aliphatic carbocycles. The van der Waals surface area contributed by atoms with Crippen molar-refractivity contribution in [1.82, 2.24) is 9.78 Å². The van der Waals surface area contributed by atoms with Gasteiger partial charge in [-0.05, 0) is 49.7 Å². The van der Waals surface area contributed by atoms with Crippen LogP contribution in [0, 0.1) is 0 Å². The molecular weight excluding hydrogens is 472 g/mol. The van der Waals surface area contributed by atoms with Crippen molar-refractivity contribution >= 4 is 23.2 Å². The van der Waals surface area contributed by atoms with E-state index < -0.39 is 17.3 Å². The third-order valence-electron chi connectivity index (χ3n) is 5.20. The molecule has 0 radical (unpaired) electrons. The van der Waals surface area contributed by atoms with Gasteiger partial charge in [0.1, 0.15) is 5.60 Å². The Bertz CT molecular complexity index is 1310. The maximum atomic E-state index is 12.9. The second-order valence-corrected chi connectivity index (χ2v) is 8.92. The van der Waals surface area contributed by atoms with Gasteiger partial charge in [0, 0.05) is 16.1 Å². The van der Waals surface area contributed by atoms with Crippen molar-refractivity contribution < 1.29 is 18.3 Å². The van der Waals surface area contributed by atoms with Crippen LogP contribution in [0.2, 0.25) is 10.0 Å². The summed E-state index contributed by atoms with van der Waals surface area (Å²) in [6, 6.07) is 19.5. The highest BCUT2D eigenvalue weighted by molar-refractivity contribution is 6.33. The molecule has 4 rings (SSSR count). The molecule has 0 saturated heterocycles. The Morgan fingerprint density at radius 3 is 2.03 bits per heavy atom. The topological polar surface area (TPSA) is 38.0 Å². The van der Waals surface area contributed by atoms with E-state index in [1.54, 1.807) is 42.8 Å². The number of para-hydroxylation sites is 1. The lowest BCUT2D eigenvalue weighted by atomic mass is 10.00. The number of benzene rings is 3. The minimum Gasteiger partial charge on any atom is -0.384 e. The smallest absolute Gasteiger partial charge is 0.384 e. The molecule has 0 fully saturated rings.